The monoisotopic (exact) mass is 303 g/mol. The van der Waals surface area contributed by atoms with Gasteiger partial charge in [0.25, 0.3) is 5.91 Å². The zero-order valence-electron chi connectivity index (χ0n) is 11.1. The smallest absolute Gasteiger partial charge is 0.270 e. The maximum atomic E-state index is 12.0. The Morgan fingerprint density at radius 1 is 1.19 bits per heavy atom. The van der Waals surface area contributed by atoms with Crippen molar-refractivity contribution >= 4 is 23.4 Å². The van der Waals surface area contributed by atoms with Crippen LogP contribution >= 0.6 is 11.6 Å². The molecule has 0 radical (unpaired) electrons. The SMILES string of the molecule is NC(=O)[C@@H](Cc1ccccc1Cl)NC(=O)c1ccccn1. The van der Waals surface area contributed by atoms with Gasteiger partial charge >= 0.3 is 0 Å². The van der Waals surface area contributed by atoms with Gasteiger partial charge in [-0.1, -0.05) is 35.9 Å². The average Bonchev–Trinajstić information content (AvgIpc) is 2.49. The minimum absolute atomic E-state index is 0.225. The molecule has 0 aliphatic rings. The third-order valence-corrected chi connectivity index (χ3v) is 3.30. The molecule has 1 aromatic carbocycles. The summed E-state index contributed by atoms with van der Waals surface area (Å²) < 4.78 is 0. The van der Waals surface area contributed by atoms with Crippen molar-refractivity contribution in [3.05, 3.63) is 64.9 Å². The fourth-order valence-electron chi connectivity index (χ4n) is 1.84. The summed E-state index contributed by atoms with van der Waals surface area (Å²) in [5.74, 6) is -1.08. The van der Waals surface area contributed by atoms with Crippen LogP contribution in [0, 0.1) is 0 Å². The van der Waals surface area contributed by atoms with Crippen LogP contribution in [0.5, 0.6) is 0 Å². The molecular weight excluding hydrogens is 290 g/mol. The number of halogens is 1. The highest BCUT2D eigenvalue weighted by molar-refractivity contribution is 6.31. The standard InChI is InChI=1S/C15H14ClN3O2/c16-11-6-2-1-5-10(11)9-13(14(17)20)19-15(21)12-7-3-4-8-18-12/h1-8,13H,9H2,(H2,17,20)(H,19,21)/t13-/m1/s1. The maximum absolute atomic E-state index is 12.0. The highest BCUT2D eigenvalue weighted by atomic mass is 35.5. The molecule has 0 saturated carbocycles. The summed E-state index contributed by atoms with van der Waals surface area (Å²) in [7, 11) is 0. The lowest BCUT2D eigenvalue weighted by atomic mass is 10.1. The maximum Gasteiger partial charge on any atom is 0.270 e. The first-order chi connectivity index (χ1) is 10.1. The largest absolute Gasteiger partial charge is 0.368 e. The Hall–Kier alpha value is -2.40. The Labute approximate surface area is 127 Å². The van der Waals surface area contributed by atoms with Gasteiger partial charge in [0.2, 0.25) is 5.91 Å². The normalized spacial score (nSPS) is 11.7. The molecule has 21 heavy (non-hydrogen) atoms. The fraction of sp³-hybridized carbons (Fsp3) is 0.133. The number of nitrogens with two attached hydrogens (primary N) is 1. The first kappa shape index (κ1) is 15.0. The van der Waals surface area contributed by atoms with Gasteiger partial charge in [0.05, 0.1) is 0 Å². The molecule has 2 aromatic rings. The molecule has 0 spiro atoms. The number of nitrogens with zero attached hydrogens (tertiary/aromatic N) is 1. The Morgan fingerprint density at radius 2 is 1.90 bits per heavy atom. The lowest BCUT2D eigenvalue weighted by Gasteiger charge is -2.16. The first-order valence-electron chi connectivity index (χ1n) is 6.32. The summed E-state index contributed by atoms with van der Waals surface area (Å²) in [6, 6.07) is 11.2. The van der Waals surface area contributed by atoms with E-state index in [4.69, 9.17) is 17.3 Å². The van der Waals surface area contributed by atoms with Crippen molar-refractivity contribution in [2.75, 3.05) is 0 Å². The van der Waals surface area contributed by atoms with Crippen LogP contribution in [0.25, 0.3) is 0 Å². The summed E-state index contributed by atoms with van der Waals surface area (Å²) in [5, 5.41) is 3.10. The zero-order chi connectivity index (χ0) is 15.2. The van der Waals surface area contributed by atoms with Crippen LogP contribution in [-0.2, 0) is 11.2 Å². The molecule has 2 rings (SSSR count). The number of benzene rings is 1. The second-order valence-electron chi connectivity index (χ2n) is 4.44. The minimum Gasteiger partial charge on any atom is -0.368 e. The number of amides is 2. The summed E-state index contributed by atoms with van der Waals surface area (Å²) in [6.07, 6.45) is 1.73. The third-order valence-electron chi connectivity index (χ3n) is 2.93. The molecule has 5 nitrogen and oxygen atoms in total. The summed E-state index contributed by atoms with van der Waals surface area (Å²) in [4.78, 5) is 27.5. The van der Waals surface area contributed by atoms with Crippen molar-refractivity contribution in [1.29, 1.82) is 0 Å². The molecule has 0 saturated heterocycles. The van der Waals surface area contributed by atoms with Crippen LogP contribution in [0.15, 0.2) is 48.7 Å². The van der Waals surface area contributed by atoms with Gasteiger partial charge in [0.1, 0.15) is 11.7 Å². The van der Waals surface area contributed by atoms with Gasteiger partial charge in [-0.15, -0.1) is 0 Å². The van der Waals surface area contributed by atoms with E-state index < -0.39 is 17.9 Å². The molecule has 0 aliphatic heterocycles. The van der Waals surface area contributed by atoms with Crippen molar-refractivity contribution in [2.24, 2.45) is 5.73 Å². The van der Waals surface area contributed by atoms with Crippen molar-refractivity contribution in [1.82, 2.24) is 10.3 Å². The fourth-order valence-corrected chi connectivity index (χ4v) is 2.05. The molecule has 0 aliphatic carbocycles. The zero-order valence-corrected chi connectivity index (χ0v) is 11.9. The number of nitrogens with one attached hydrogen (secondary N) is 1. The van der Waals surface area contributed by atoms with Crippen LogP contribution in [0.1, 0.15) is 16.1 Å². The lowest BCUT2D eigenvalue weighted by Crippen LogP contribution is -2.46. The summed E-state index contributed by atoms with van der Waals surface area (Å²) >= 11 is 6.05. The van der Waals surface area contributed by atoms with E-state index >= 15 is 0 Å². The molecule has 1 heterocycles. The number of carbonyl (C=O) groups is 2. The quantitative estimate of drug-likeness (QED) is 0.879. The van der Waals surface area contributed by atoms with E-state index in [1.807, 2.05) is 0 Å². The van der Waals surface area contributed by atoms with Gasteiger partial charge in [-0.25, -0.2) is 0 Å². The van der Waals surface area contributed by atoms with Gasteiger partial charge in [-0.2, -0.15) is 0 Å². The number of primary amides is 1. The lowest BCUT2D eigenvalue weighted by molar-refractivity contribution is -0.119. The average molecular weight is 304 g/mol. The van der Waals surface area contributed by atoms with Crippen LogP contribution in [0.3, 0.4) is 0 Å². The second-order valence-corrected chi connectivity index (χ2v) is 4.85. The van der Waals surface area contributed by atoms with E-state index in [0.29, 0.717) is 5.02 Å². The Morgan fingerprint density at radius 3 is 2.52 bits per heavy atom. The Balaban J connectivity index is 2.12. The number of hydrogen-bond acceptors (Lipinski definition) is 3. The predicted octanol–water partition coefficient (Wildman–Crippen LogP) is 1.56. The van der Waals surface area contributed by atoms with Crippen LogP contribution in [0.2, 0.25) is 5.02 Å². The molecule has 0 unspecified atom stereocenters. The predicted molar refractivity (Wildman–Crippen MR) is 79.8 cm³/mol. The number of carbonyl (C=O) groups excluding carboxylic acids is 2. The van der Waals surface area contributed by atoms with Gasteiger partial charge in [0, 0.05) is 17.6 Å². The number of pyridine rings is 1. The molecule has 0 fully saturated rings. The van der Waals surface area contributed by atoms with Crippen LogP contribution in [-0.4, -0.2) is 22.8 Å². The van der Waals surface area contributed by atoms with E-state index in [-0.39, 0.29) is 12.1 Å². The second kappa shape index (κ2) is 6.85. The third kappa shape index (κ3) is 4.03. The van der Waals surface area contributed by atoms with Gasteiger partial charge in [-0.3, -0.25) is 14.6 Å². The minimum atomic E-state index is -0.848. The highest BCUT2D eigenvalue weighted by Gasteiger charge is 2.20. The first-order valence-corrected chi connectivity index (χ1v) is 6.70. The van der Waals surface area contributed by atoms with Gasteiger partial charge in [-0.05, 0) is 23.8 Å². The van der Waals surface area contributed by atoms with E-state index in [2.05, 4.69) is 10.3 Å². The molecule has 6 heteroatoms. The van der Waals surface area contributed by atoms with E-state index in [1.54, 1.807) is 42.5 Å². The molecule has 3 N–H and O–H groups in total. The van der Waals surface area contributed by atoms with E-state index in [0.717, 1.165) is 5.56 Å². The van der Waals surface area contributed by atoms with Gasteiger partial charge in [0.15, 0.2) is 0 Å². The van der Waals surface area contributed by atoms with E-state index in [9.17, 15) is 9.59 Å². The number of hydrogen-bond donors (Lipinski definition) is 2. The highest BCUT2D eigenvalue weighted by Crippen LogP contribution is 2.16. The Kier molecular flexibility index (Phi) is 4.90. The molecule has 108 valence electrons. The molecule has 1 atom stereocenters. The number of aromatic nitrogens is 1. The van der Waals surface area contributed by atoms with Crippen LogP contribution in [0.4, 0.5) is 0 Å². The van der Waals surface area contributed by atoms with Crippen molar-refractivity contribution in [2.45, 2.75) is 12.5 Å². The van der Waals surface area contributed by atoms with E-state index in [1.165, 1.54) is 6.20 Å². The molecule has 1 aromatic heterocycles. The topological polar surface area (TPSA) is 85.1 Å². The van der Waals surface area contributed by atoms with Crippen molar-refractivity contribution < 1.29 is 9.59 Å². The van der Waals surface area contributed by atoms with Crippen molar-refractivity contribution in [3.63, 3.8) is 0 Å². The summed E-state index contributed by atoms with van der Waals surface area (Å²) in [5.41, 5.74) is 6.31. The van der Waals surface area contributed by atoms with Crippen molar-refractivity contribution in [3.8, 4) is 0 Å². The molecular formula is C15H14ClN3O2. The molecule has 0 bridgehead atoms. The van der Waals surface area contributed by atoms with Crippen LogP contribution < -0.4 is 11.1 Å². The molecule has 2 amide bonds. The Bertz CT molecular complexity index is 646. The summed E-state index contributed by atoms with van der Waals surface area (Å²) in [6.45, 7) is 0. The number of rotatable bonds is 5. The van der Waals surface area contributed by atoms with Gasteiger partial charge < -0.3 is 11.1 Å².